The highest BCUT2D eigenvalue weighted by Crippen LogP contribution is 2.46. The Kier molecular flexibility index (Phi) is 3.57. The van der Waals surface area contributed by atoms with Crippen LogP contribution in [0.1, 0.15) is 66.2 Å². The largest absolute Gasteiger partial charge is 0.366 e. The van der Waals surface area contributed by atoms with Crippen molar-refractivity contribution in [2.75, 3.05) is 13.1 Å². The summed E-state index contributed by atoms with van der Waals surface area (Å²) in [5.41, 5.74) is 0.655. The van der Waals surface area contributed by atoms with Gasteiger partial charge in [0.25, 0.3) is 0 Å². The van der Waals surface area contributed by atoms with Gasteiger partial charge in [0.05, 0.1) is 11.2 Å². The Morgan fingerprint density at radius 2 is 1.76 bits per heavy atom. The van der Waals surface area contributed by atoms with Crippen molar-refractivity contribution in [2.45, 2.75) is 77.4 Å². The lowest BCUT2D eigenvalue weighted by atomic mass is 9.68. The molecular weight excluding hydrogens is 210 g/mol. The van der Waals surface area contributed by atoms with Crippen molar-refractivity contribution in [3.05, 3.63) is 0 Å². The molecule has 1 unspecified atom stereocenters. The van der Waals surface area contributed by atoms with E-state index in [4.69, 9.17) is 4.74 Å². The smallest absolute Gasteiger partial charge is 0.0819 e. The average Bonchev–Trinajstić information content (AvgIpc) is 2.27. The monoisotopic (exact) mass is 239 g/mol. The molecule has 0 radical (unpaired) electrons. The van der Waals surface area contributed by atoms with Crippen molar-refractivity contribution in [3.8, 4) is 0 Å². The van der Waals surface area contributed by atoms with Crippen molar-refractivity contribution in [1.29, 1.82) is 0 Å². The molecule has 2 heteroatoms. The van der Waals surface area contributed by atoms with Crippen molar-refractivity contribution in [2.24, 2.45) is 5.41 Å². The molecule has 0 aromatic heterocycles. The van der Waals surface area contributed by atoms with E-state index in [2.05, 4.69) is 33.0 Å². The zero-order valence-corrected chi connectivity index (χ0v) is 12.1. The predicted molar refractivity (Wildman–Crippen MR) is 72.2 cm³/mol. The van der Waals surface area contributed by atoms with Crippen molar-refractivity contribution in [1.82, 2.24) is 5.32 Å². The van der Waals surface area contributed by atoms with Gasteiger partial charge in [-0.1, -0.05) is 27.7 Å². The maximum Gasteiger partial charge on any atom is 0.0819 e. The first-order valence-electron chi connectivity index (χ1n) is 7.36. The third-order valence-electron chi connectivity index (χ3n) is 4.90. The summed E-state index contributed by atoms with van der Waals surface area (Å²) < 4.78 is 6.67. The van der Waals surface area contributed by atoms with Gasteiger partial charge in [0.2, 0.25) is 0 Å². The van der Waals surface area contributed by atoms with Gasteiger partial charge in [-0.2, -0.15) is 0 Å². The predicted octanol–water partition coefficient (Wildman–Crippen LogP) is 3.50. The molecule has 0 aromatic rings. The zero-order chi connectivity index (χ0) is 12.6. The van der Waals surface area contributed by atoms with E-state index < -0.39 is 0 Å². The highest BCUT2D eigenvalue weighted by atomic mass is 16.5. The number of ether oxygens (including phenoxy) is 1. The zero-order valence-electron chi connectivity index (χ0n) is 12.1. The third-order valence-corrected chi connectivity index (χ3v) is 4.90. The van der Waals surface area contributed by atoms with E-state index in [-0.39, 0.29) is 11.2 Å². The summed E-state index contributed by atoms with van der Waals surface area (Å²) in [5, 5.41) is 3.65. The summed E-state index contributed by atoms with van der Waals surface area (Å²) in [4.78, 5) is 0. The van der Waals surface area contributed by atoms with E-state index in [0.29, 0.717) is 5.41 Å². The van der Waals surface area contributed by atoms with Crippen molar-refractivity contribution in [3.63, 3.8) is 0 Å². The van der Waals surface area contributed by atoms with Gasteiger partial charge < -0.3 is 10.1 Å². The first-order valence-corrected chi connectivity index (χ1v) is 7.36. The summed E-state index contributed by atoms with van der Waals surface area (Å²) in [6, 6.07) is 0. The summed E-state index contributed by atoms with van der Waals surface area (Å²) in [6.45, 7) is 11.4. The minimum atomic E-state index is 0.0890. The molecule has 1 saturated heterocycles. The molecule has 1 aliphatic heterocycles. The molecule has 1 heterocycles. The minimum Gasteiger partial charge on any atom is -0.366 e. The fourth-order valence-corrected chi connectivity index (χ4v) is 3.87. The van der Waals surface area contributed by atoms with Crippen LogP contribution in [-0.2, 0) is 4.74 Å². The van der Waals surface area contributed by atoms with Crippen LogP contribution in [0.2, 0.25) is 0 Å². The second-order valence-electron chi connectivity index (χ2n) is 6.97. The van der Waals surface area contributed by atoms with Crippen LogP contribution in [0.5, 0.6) is 0 Å². The molecular formula is C15H29NO. The Morgan fingerprint density at radius 1 is 1.06 bits per heavy atom. The van der Waals surface area contributed by atoms with E-state index >= 15 is 0 Å². The number of hydrogen-bond acceptors (Lipinski definition) is 2. The Hall–Kier alpha value is -0.0800. The normalized spacial score (nSPS) is 36.0. The van der Waals surface area contributed by atoms with Gasteiger partial charge >= 0.3 is 0 Å². The SMILES string of the molecule is CCC1(CC)CNCC2(CCCC(C)(C)C2)O1. The summed E-state index contributed by atoms with van der Waals surface area (Å²) >= 11 is 0. The highest BCUT2D eigenvalue weighted by molar-refractivity contribution is 5.00. The lowest BCUT2D eigenvalue weighted by Gasteiger charge is -2.53. The molecule has 1 spiro atoms. The van der Waals surface area contributed by atoms with Crippen LogP contribution >= 0.6 is 0 Å². The maximum atomic E-state index is 6.67. The molecule has 0 bridgehead atoms. The topological polar surface area (TPSA) is 21.3 Å². The molecule has 2 rings (SSSR count). The Bertz CT molecular complexity index is 266. The molecule has 2 fully saturated rings. The molecule has 1 aliphatic carbocycles. The molecule has 1 N–H and O–H groups in total. The second kappa shape index (κ2) is 4.55. The lowest BCUT2D eigenvalue weighted by molar-refractivity contribution is -0.206. The summed E-state index contributed by atoms with van der Waals surface area (Å²) in [6.07, 6.45) is 7.37. The van der Waals surface area contributed by atoms with Crippen molar-refractivity contribution < 1.29 is 4.74 Å². The average molecular weight is 239 g/mol. The van der Waals surface area contributed by atoms with Gasteiger partial charge in [-0.3, -0.25) is 0 Å². The van der Waals surface area contributed by atoms with Crippen LogP contribution in [-0.4, -0.2) is 24.3 Å². The van der Waals surface area contributed by atoms with Crippen LogP contribution in [0, 0.1) is 5.41 Å². The molecule has 17 heavy (non-hydrogen) atoms. The van der Waals surface area contributed by atoms with Crippen LogP contribution < -0.4 is 5.32 Å². The van der Waals surface area contributed by atoms with E-state index in [0.717, 1.165) is 25.9 Å². The fourth-order valence-electron chi connectivity index (χ4n) is 3.87. The molecule has 100 valence electrons. The molecule has 2 aliphatic rings. The van der Waals surface area contributed by atoms with Gasteiger partial charge in [-0.15, -0.1) is 0 Å². The van der Waals surface area contributed by atoms with Gasteiger partial charge in [-0.25, -0.2) is 0 Å². The minimum absolute atomic E-state index is 0.0890. The summed E-state index contributed by atoms with van der Waals surface area (Å²) in [5.74, 6) is 0. The number of morpholine rings is 1. The van der Waals surface area contributed by atoms with Crippen molar-refractivity contribution >= 4 is 0 Å². The highest BCUT2D eigenvalue weighted by Gasteiger charge is 2.48. The Labute approximate surface area is 107 Å². The lowest BCUT2D eigenvalue weighted by Crippen LogP contribution is -2.62. The van der Waals surface area contributed by atoms with Gasteiger partial charge in [0, 0.05) is 13.1 Å². The first-order chi connectivity index (χ1) is 7.95. The first kappa shape index (κ1) is 13.4. The maximum absolute atomic E-state index is 6.67. The quantitative estimate of drug-likeness (QED) is 0.796. The number of hydrogen-bond donors (Lipinski definition) is 1. The van der Waals surface area contributed by atoms with Crippen LogP contribution in [0.4, 0.5) is 0 Å². The van der Waals surface area contributed by atoms with Crippen LogP contribution in [0.15, 0.2) is 0 Å². The van der Waals surface area contributed by atoms with E-state index in [1.54, 1.807) is 0 Å². The number of rotatable bonds is 2. The Balaban J connectivity index is 2.14. The van der Waals surface area contributed by atoms with Crippen LogP contribution in [0.25, 0.3) is 0 Å². The van der Waals surface area contributed by atoms with E-state index in [9.17, 15) is 0 Å². The summed E-state index contributed by atoms with van der Waals surface area (Å²) in [7, 11) is 0. The number of nitrogens with one attached hydrogen (secondary N) is 1. The van der Waals surface area contributed by atoms with Gasteiger partial charge in [0.15, 0.2) is 0 Å². The van der Waals surface area contributed by atoms with Gasteiger partial charge in [0.1, 0.15) is 0 Å². The standard InChI is InChI=1S/C15H29NO/c1-5-14(6-2)11-16-12-15(17-14)9-7-8-13(3,4)10-15/h16H,5-12H2,1-4H3. The molecule has 2 nitrogen and oxygen atoms in total. The third kappa shape index (κ3) is 2.68. The molecule has 1 saturated carbocycles. The van der Waals surface area contributed by atoms with Crippen LogP contribution in [0.3, 0.4) is 0 Å². The molecule has 1 atom stereocenters. The Morgan fingerprint density at radius 3 is 2.35 bits per heavy atom. The molecule has 0 amide bonds. The molecule has 0 aromatic carbocycles. The fraction of sp³-hybridized carbons (Fsp3) is 1.00. The second-order valence-corrected chi connectivity index (χ2v) is 6.97. The van der Waals surface area contributed by atoms with Gasteiger partial charge in [-0.05, 0) is 43.9 Å². The van der Waals surface area contributed by atoms with E-state index in [1.807, 2.05) is 0 Å². The van der Waals surface area contributed by atoms with E-state index in [1.165, 1.54) is 25.7 Å².